The van der Waals surface area contributed by atoms with Gasteiger partial charge < -0.3 is 11.1 Å². The normalized spacial score (nSPS) is 19.5. The van der Waals surface area contributed by atoms with E-state index >= 15 is 0 Å². The molecule has 3 aromatic rings. The van der Waals surface area contributed by atoms with Crippen LogP contribution in [-0.4, -0.2) is 45.2 Å². The summed E-state index contributed by atoms with van der Waals surface area (Å²) >= 11 is 0. The minimum absolute atomic E-state index is 0.311. The van der Waals surface area contributed by atoms with Crippen LogP contribution in [0, 0.1) is 25.2 Å². The number of pyridine rings is 1. The molecule has 2 atom stereocenters. The van der Waals surface area contributed by atoms with Crippen LogP contribution in [0.25, 0.3) is 11.0 Å². The molecule has 0 unspecified atom stereocenters. The molecule has 4 rings (SSSR count). The van der Waals surface area contributed by atoms with E-state index in [2.05, 4.69) is 31.2 Å². The largest absolute Gasteiger partial charge is 0.383 e. The molecule has 30 heavy (non-hydrogen) atoms. The first-order valence-electron chi connectivity index (χ1n) is 9.96. The Morgan fingerprint density at radius 1 is 1.23 bits per heavy atom. The number of anilines is 2. The molecule has 0 spiro atoms. The van der Waals surface area contributed by atoms with Crippen molar-refractivity contribution in [1.29, 1.82) is 5.26 Å². The topological polar surface area (TPSA) is 104 Å². The molecular formula is C22H24FN7. The molecule has 8 heteroatoms. The molecule has 0 aliphatic carbocycles. The van der Waals surface area contributed by atoms with Gasteiger partial charge in [-0.25, -0.2) is 9.37 Å². The number of aryl methyl sites for hydroxylation is 2. The van der Waals surface area contributed by atoms with Crippen molar-refractivity contribution in [3.8, 4) is 6.07 Å². The van der Waals surface area contributed by atoms with Crippen molar-refractivity contribution < 1.29 is 4.39 Å². The zero-order valence-electron chi connectivity index (χ0n) is 17.1. The quantitative estimate of drug-likeness (QED) is 0.687. The van der Waals surface area contributed by atoms with Gasteiger partial charge in [-0.1, -0.05) is 12.1 Å². The molecule has 1 aliphatic rings. The summed E-state index contributed by atoms with van der Waals surface area (Å²) < 4.78 is 14.9. The predicted molar refractivity (Wildman–Crippen MR) is 115 cm³/mol. The molecule has 2 aromatic heterocycles. The fourth-order valence-corrected chi connectivity index (χ4v) is 3.96. The Balaban J connectivity index is 1.43. The number of hydrogen-bond acceptors (Lipinski definition) is 7. The van der Waals surface area contributed by atoms with Crippen LogP contribution in [0.4, 0.5) is 16.2 Å². The Bertz CT molecular complexity index is 1110. The Hall–Kier alpha value is -3.31. The Morgan fingerprint density at radius 2 is 2.00 bits per heavy atom. The summed E-state index contributed by atoms with van der Waals surface area (Å²) in [5, 5.41) is 12.8. The number of nitrogens with one attached hydrogen (secondary N) is 1. The number of piperidine rings is 1. The van der Waals surface area contributed by atoms with E-state index < -0.39 is 6.17 Å². The van der Waals surface area contributed by atoms with E-state index in [1.807, 2.05) is 32.0 Å². The van der Waals surface area contributed by atoms with Crippen LogP contribution in [0.3, 0.4) is 0 Å². The summed E-state index contributed by atoms with van der Waals surface area (Å²) in [4.78, 5) is 15.3. The van der Waals surface area contributed by atoms with Crippen molar-refractivity contribution in [2.75, 3.05) is 24.1 Å². The summed E-state index contributed by atoms with van der Waals surface area (Å²) in [5.41, 5.74) is 10.2. The molecule has 3 heterocycles. The molecule has 3 N–H and O–H groups in total. The predicted octanol–water partition coefficient (Wildman–Crippen LogP) is 3.12. The van der Waals surface area contributed by atoms with Crippen LogP contribution in [0.1, 0.15) is 28.8 Å². The first-order chi connectivity index (χ1) is 14.4. The number of hydrogen-bond donors (Lipinski definition) is 2. The first-order valence-corrected chi connectivity index (χ1v) is 9.96. The summed E-state index contributed by atoms with van der Waals surface area (Å²) in [6, 6.07) is 11.1. The van der Waals surface area contributed by atoms with Gasteiger partial charge in [-0.05, 0) is 49.6 Å². The van der Waals surface area contributed by atoms with E-state index in [1.165, 1.54) is 0 Å². The van der Waals surface area contributed by atoms with Crippen LogP contribution in [-0.2, 0) is 6.54 Å². The van der Waals surface area contributed by atoms with Gasteiger partial charge in [0.15, 0.2) is 5.65 Å². The molecule has 1 aliphatic heterocycles. The number of nitrogen functional groups attached to an aromatic ring is 1. The number of nitriles is 1. The maximum atomic E-state index is 14.9. The van der Waals surface area contributed by atoms with Crippen LogP contribution in [0.2, 0.25) is 0 Å². The fraction of sp³-hybridized carbons (Fsp3) is 0.364. The van der Waals surface area contributed by atoms with Crippen LogP contribution >= 0.6 is 0 Å². The van der Waals surface area contributed by atoms with E-state index in [0.717, 1.165) is 28.8 Å². The lowest BCUT2D eigenvalue weighted by atomic mass is 10.0. The van der Waals surface area contributed by atoms with Crippen molar-refractivity contribution in [1.82, 2.24) is 19.9 Å². The van der Waals surface area contributed by atoms with Crippen molar-refractivity contribution in [2.24, 2.45) is 0 Å². The molecule has 154 valence electrons. The summed E-state index contributed by atoms with van der Waals surface area (Å²) in [7, 11) is 0. The maximum absolute atomic E-state index is 14.9. The number of benzene rings is 1. The highest BCUT2D eigenvalue weighted by Crippen LogP contribution is 2.25. The minimum atomic E-state index is -1.06. The third-order valence-corrected chi connectivity index (χ3v) is 5.45. The van der Waals surface area contributed by atoms with Gasteiger partial charge in [0, 0.05) is 25.3 Å². The Labute approximate surface area is 174 Å². The number of fused-ring (bicyclic) bond motifs is 1. The van der Waals surface area contributed by atoms with Gasteiger partial charge in [0.1, 0.15) is 12.0 Å². The van der Waals surface area contributed by atoms with Crippen molar-refractivity contribution >= 4 is 22.8 Å². The zero-order valence-corrected chi connectivity index (χ0v) is 17.1. The highest BCUT2D eigenvalue weighted by atomic mass is 19.1. The third kappa shape index (κ3) is 4.16. The molecule has 1 aromatic carbocycles. The average Bonchev–Trinajstić information content (AvgIpc) is 2.70. The fourth-order valence-electron chi connectivity index (χ4n) is 3.96. The molecule has 0 saturated carbocycles. The molecular weight excluding hydrogens is 381 g/mol. The molecule has 1 saturated heterocycles. The van der Waals surface area contributed by atoms with Crippen LogP contribution < -0.4 is 11.1 Å². The lowest BCUT2D eigenvalue weighted by molar-refractivity contribution is 0.121. The molecule has 7 nitrogen and oxygen atoms in total. The van der Waals surface area contributed by atoms with Crippen molar-refractivity contribution in [3.63, 3.8) is 0 Å². The van der Waals surface area contributed by atoms with Gasteiger partial charge in [-0.2, -0.15) is 15.2 Å². The standard InChI is InChI=1S/C22H24FN7/c1-13-9-14(2)26-21-19(13)20(25)28-22(29-21)27-18-7-8-30(12-17(18)23)11-16-5-3-15(10-24)4-6-16/h3-6,9,17-18H,7-8,11-12H2,1-2H3,(H3,25,26,27,28,29)/t17-,18+/m0/s1. The zero-order chi connectivity index (χ0) is 21.3. The van der Waals surface area contributed by atoms with E-state index in [0.29, 0.717) is 42.5 Å². The maximum Gasteiger partial charge on any atom is 0.227 e. The lowest BCUT2D eigenvalue weighted by Crippen LogP contribution is -2.47. The van der Waals surface area contributed by atoms with Gasteiger partial charge in [-0.3, -0.25) is 4.90 Å². The van der Waals surface area contributed by atoms with Gasteiger partial charge in [0.05, 0.1) is 23.1 Å². The monoisotopic (exact) mass is 405 g/mol. The van der Waals surface area contributed by atoms with Crippen molar-refractivity contribution in [3.05, 3.63) is 52.7 Å². The Morgan fingerprint density at radius 3 is 2.70 bits per heavy atom. The highest BCUT2D eigenvalue weighted by molar-refractivity contribution is 5.89. The number of nitrogens with two attached hydrogens (primary N) is 1. The molecule has 0 bridgehead atoms. The minimum Gasteiger partial charge on any atom is -0.383 e. The smallest absolute Gasteiger partial charge is 0.227 e. The van der Waals surface area contributed by atoms with Crippen molar-refractivity contribution in [2.45, 2.75) is 39.0 Å². The van der Waals surface area contributed by atoms with E-state index in [-0.39, 0.29) is 6.04 Å². The van der Waals surface area contributed by atoms with Gasteiger partial charge in [0.25, 0.3) is 0 Å². The number of aromatic nitrogens is 3. The number of halogens is 1. The van der Waals surface area contributed by atoms with E-state index in [9.17, 15) is 4.39 Å². The molecule has 0 amide bonds. The average molecular weight is 405 g/mol. The molecule has 0 radical (unpaired) electrons. The number of rotatable bonds is 4. The second-order valence-electron chi connectivity index (χ2n) is 7.81. The first kappa shape index (κ1) is 20.0. The van der Waals surface area contributed by atoms with E-state index in [4.69, 9.17) is 11.0 Å². The third-order valence-electron chi connectivity index (χ3n) is 5.45. The van der Waals surface area contributed by atoms with Gasteiger partial charge >= 0.3 is 0 Å². The second kappa shape index (κ2) is 8.20. The van der Waals surface area contributed by atoms with Gasteiger partial charge in [-0.15, -0.1) is 0 Å². The van der Waals surface area contributed by atoms with Crippen LogP contribution in [0.5, 0.6) is 0 Å². The van der Waals surface area contributed by atoms with Gasteiger partial charge in [0.2, 0.25) is 5.95 Å². The Kier molecular flexibility index (Phi) is 5.46. The van der Waals surface area contributed by atoms with Crippen LogP contribution in [0.15, 0.2) is 30.3 Å². The summed E-state index contributed by atoms with van der Waals surface area (Å²) in [6.45, 7) is 5.57. The number of nitrogens with zero attached hydrogens (tertiary/aromatic N) is 5. The highest BCUT2D eigenvalue weighted by Gasteiger charge is 2.30. The lowest BCUT2D eigenvalue weighted by Gasteiger charge is -2.35. The number of alkyl halides is 1. The second-order valence-corrected chi connectivity index (χ2v) is 7.81. The SMILES string of the molecule is Cc1cc(C)c2c(N)nc(N[C@@H]3CCN(Cc4ccc(C#N)cc4)C[C@@H]3F)nc2n1. The van der Waals surface area contributed by atoms with E-state index in [1.54, 1.807) is 12.1 Å². The number of likely N-dealkylation sites (tertiary alicyclic amines) is 1. The molecule has 1 fully saturated rings. The summed E-state index contributed by atoms with van der Waals surface area (Å²) in [6.07, 6.45) is -0.441. The summed E-state index contributed by atoms with van der Waals surface area (Å²) in [5.74, 6) is 0.659.